The highest BCUT2D eigenvalue weighted by Gasteiger charge is 2.24. The second kappa shape index (κ2) is 7.42. The average molecular weight is 380 g/mol. The van der Waals surface area contributed by atoms with Crippen molar-refractivity contribution in [2.75, 3.05) is 6.54 Å². The Hall–Kier alpha value is -2.84. The van der Waals surface area contributed by atoms with Crippen molar-refractivity contribution in [3.8, 4) is 0 Å². The summed E-state index contributed by atoms with van der Waals surface area (Å²) in [6.45, 7) is 5.20. The molecule has 0 aliphatic carbocycles. The number of aromatic nitrogens is 2. The Balaban J connectivity index is 1.66. The van der Waals surface area contributed by atoms with Crippen LogP contribution in [0.4, 0.5) is 13.2 Å². The summed E-state index contributed by atoms with van der Waals surface area (Å²) >= 11 is 0. The van der Waals surface area contributed by atoms with Gasteiger partial charge in [0.2, 0.25) is 5.91 Å². The molecule has 6 nitrogen and oxygen atoms in total. The lowest BCUT2D eigenvalue weighted by atomic mass is 10.1. The topological polar surface area (TPSA) is 67.2 Å². The Labute approximate surface area is 154 Å². The molecule has 1 N–H and O–H groups in total. The van der Waals surface area contributed by atoms with Crippen LogP contribution in [0, 0.1) is 23.4 Å². The molecule has 144 valence electrons. The number of benzene rings is 1. The number of fused-ring (bicyclic) bond motifs is 1. The summed E-state index contributed by atoms with van der Waals surface area (Å²) in [5, 5.41) is 6.78. The molecule has 1 aliphatic rings. The van der Waals surface area contributed by atoms with Crippen molar-refractivity contribution in [1.29, 1.82) is 0 Å². The zero-order valence-electron chi connectivity index (χ0n) is 14.9. The van der Waals surface area contributed by atoms with Crippen molar-refractivity contribution in [3.05, 3.63) is 52.6 Å². The quantitative estimate of drug-likeness (QED) is 0.828. The van der Waals surface area contributed by atoms with E-state index < -0.39 is 28.9 Å². The highest BCUT2D eigenvalue weighted by atomic mass is 19.2. The van der Waals surface area contributed by atoms with Gasteiger partial charge in [-0.2, -0.15) is 5.10 Å². The Morgan fingerprint density at radius 3 is 2.63 bits per heavy atom. The van der Waals surface area contributed by atoms with Crippen molar-refractivity contribution in [3.63, 3.8) is 0 Å². The molecule has 27 heavy (non-hydrogen) atoms. The van der Waals surface area contributed by atoms with Gasteiger partial charge in [0.1, 0.15) is 0 Å². The van der Waals surface area contributed by atoms with Crippen LogP contribution in [-0.4, -0.2) is 33.0 Å². The summed E-state index contributed by atoms with van der Waals surface area (Å²) in [5.74, 6) is -5.47. The molecular formula is C18H19F3N4O2. The maximum Gasteiger partial charge on any atom is 0.254 e. The Bertz CT molecular complexity index is 895. The fraction of sp³-hybridized carbons (Fsp3) is 0.389. The van der Waals surface area contributed by atoms with E-state index in [1.54, 1.807) is 15.6 Å². The minimum atomic E-state index is -1.69. The lowest BCUT2D eigenvalue weighted by Gasteiger charge is -2.29. The molecule has 0 saturated carbocycles. The molecule has 2 amide bonds. The van der Waals surface area contributed by atoms with Crippen LogP contribution in [0.2, 0.25) is 0 Å². The number of carbonyl (C=O) groups excluding carboxylic acids is 2. The van der Waals surface area contributed by atoms with Crippen LogP contribution in [0.15, 0.2) is 18.2 Å². The van der Waals surface area contributed by atoms with E-state index in [-0.39, 0.29) is 18.4 Å². The number of halogens is 3. The minimum absolute atomic E-state index is 0.00457. The molecule has 0 fully saturated rings. The van der Waals surface area contributed by atoms with Gasteiger partial charge in [0.25, 0.3) is 5.91 Å². The highest BCUT2D eigenvalue weighted by molar-refractivity contribution is 5.94. The van der Waals surface area contributed by atoms with E-state index in [0.717, 1.165) is 11.8 Å². The largest absolute Gasteiger partial charge is 0.346 e. The monoisotopic (exact) mass is 380 g/mol. The first-order valence-corrected chi connectivity index (χ1v) is 8.54. The van der Waals surface area contributed by atoms with E-state index >= 15 is 0 Å². The first kappa shape index (κ1) is 18.9. The molecule has 0 unspecified atom stereocenters. The predicted molar refractivity (Wildman–Crippen MR) is 90.0 cm³/mol. The second-order valence-electron chi connectivity index (χ2n) is 6.67. The summed E-state index contributed by atoms with van der Waals surface area (Å²) in [6, 6.07) is 3.33. The third-order valence-electron chi connectivity index (χ3n) is 4.36. The van der Waals surface area contributed by atoms with Crippen molar-refractivity contribution in [2.24, 2.45) is 5.92 Å². The molecule has 3 rings (SSSR count). The van der Waals surface area contributed by atoms with Gasteiger partial charge in [0.15, 0.2) is 17.5 Å². The molecule has 1 aromatic heterocycles. The summed E-state index contributed by atoms with van der Waals surface area (Å²) in [7, 11) is 0. The fourth-order valence-electron chi connectivity index (χ4n) is 2.93. The van der Waals surface area contributed by atoms with Gasteiger partial charge < -0.3 is 10.2 Å². The van der Waals surface area contributed by atoms with Crippen LogP contribution in [-0.2, 0) is 24.4 Å². The SMILES string of the molecule is CC(C)C(=O)N1CCn2nc(CNC(=O)c3ccc(F)c(F)c3F)cc2C1. The third kappa shape index (κ3) is 3.81. The standard InChI is InChI=1S/C18H19F3N4O2/c1-10(2)18(27)24-5-6-25-12(9-24)7-11(23-25)8-22-17(26)13-3-4-14(19)16(21)15(13)20/h3-4,7,10H,5-6,8-9H2,1-2H3,(H,22,26). The van der Waals surface area contributed by atoms with Crippen LogP contribution < -0.4 is 5.32 Å². The van der Waals surface area contributed by atoms with Crippen molar-refractivity contribution < 1.29 is 22.8 Å². The van der Waals surface area contributed by atoms with Gasteiger partial charge >= 0.3 is 0 Å². The lowest BCUT2D eigenvalue weighted by Crippen LogP contribution is -2.40. The number of hydrogen-bond donors (Lipinski definition) is 1. The van der Waals surface area contributed by atoms with Gasteiger partial charge in [0.05, 0.1) is 36.6 Å². The number of carbonyl (C=O) groups is 2. The van der Waals surface area contributed by atoms with E-state index in [1.807, 2.05) is 13.8 Å². The molecule has 2 heterocycles. The normalized spacial score (nSPS) is 13.6. The van der Waals surface area contributed by atoms with Gasteiger partial charge in [-0.05, 0) is 18.2 Å². The maximum absolute atomic E-state index is 13.7. The van der Waals surface area contributed by atoms with Crippen LogP contribution in [0.3, 0.4) is 0 Å². The minimum Gasteiger partial charge on any atom is -0.346 e. The fourth-order valence-corrected chi connectivity index (χ4v) is 2.93. The van der Waals surface area contributed by atoms with Crippen LogP contribution >= 0.6 is 0 Å². The van der Waals surface area contributed by atoms with Gasteiger partial charge in [-0.1, -0.05) is 13.8 Å². The number of amides is 2. The van der Waals surface area contributed by atoms with Crippen LogP contribution in [0.1, 0.15) is 35.6 Å². The lowest BCUT2D eigenvalue weighted by molar-refractivity contribution is -0.136. The van der Waals surface area contributed by atoms with Gasteiger partial charge in [-0.15, -0.1) is 0 Å². The molecule has 1 aromatic carbocycles. The zero-order valence-corrected chi connectivity index (χ0v) is 14.9. The van der Waals surface area contributed by atoms with Crippen LogP contribution in [0.25, 0.3) is 0 Å². The molecule has 0 radical (unpaired) electrons. The molecule has 9 heteroatoms. The van der Waals surface area contributed by atoms with E-state index in [1.165, 1.54) is 0 Å². The first-order chi connectivity index (χ1) is 12.8. The maximum atomic E-state index is 13.7. The van der Waals surface area contributed by atoms with Crippen LogP contribution in [0.5, 0.6) is 0 Å². The van der Waals surface area contributed by atoms with Crippen molar-refractivity contribution in [2.45, 2.75) is 33.5 Å². The molecule has 0 atom stereocenters. The molecule has 2 aromatic rings. The zero-order chi connectivity index (χ0) is 19.7. The molecule has 0 saturated heterocycles. The average Bonchev–Trinajstić information content (AvgIpc) is 3.05. The number of hydrogen-bond acceptors (Lipinski definition) is 3. The summed E-state index contributed by atoms with van der Waals surface area (Å²) in [4.78, 5) is 25.9. The number of nitrogens with one attached hydrogen (secondary N) is 1. The van der Waals surface area contributed by atoms with E-state index in [2.05, 4.69) is 10.4 Å². The van der Waals surface area contributed by atoms with Gasteiger partial charge in [-0.25, -0.2) is 13.2 Å². The van der Waals surface area contributed by atoms with Gasteiger partial charge in [-0.3, -0.25) is 14.3 Å². The Kier molecular flexibility index (Phi) is 5.20. The third-order valence-corrected chi connectivity index (χ3v) is 4.36. The summed E-state index contributed by atoms with van der Waals surface area (Å²) < 4.78 is 41.6. The molecule has 1 aliphatic heterocycles. The second-order valence-corrected chi connectivity index (χ2v) is 6.67. The van der Waals surface area contributed by atoms with E-state index in [9.17, 15) is 22.8 Å². The highest BCUT2D eigenvalue weighted by Crippen LogP contribution is 2.17. The predicted octanol–water partition coefficient (Wildman–Crippen LogP) is 2.23. The smallest absolute Gasteiger partial charge is 0.254 e. The van der Waals surface area contributed by atoms with E-state index in [4.69, 9.17) is 0 Å². The molecular weight excluding hydrogens is 361 g/mol. The molecule has 0 spiro atoms. The van der Waals surface area contributed by atoms with Gasteiger partial charge in [0, 0.05) is 12.5 Å². The summed E-state index contributed by atoms with van der Waals surface area (Å²) in [6.07, 6.45) is 0. The number of rotatable bonds is 4. The molecule has 0 bridgehead atoms. The Morgan fingerprint density at radius 2 is 1.93 bits per heavy atom. The first-order valence-electron chi connectivity index (χ1n) is 8.54. The van der Waals surface area contributed by atoms with Crippen molar-refractivity contribution >= 4 is 11.8 Å². The van der Waals surface area contributed by atoms with E-state index in [0.29, 0.717) is 31.4 Å². The Morgan fingerprint density at radius 1 is 1.19 bits per heavy atom. The van der Waals surface area contributed by atoms with Crippen molar-refractivity contribution in [1.82, 2.24) is 20.0 Å². The summed E-state index contributed by atoms with van der Waals surface area (Å²) in [5.41, 5.74) is 0.783. The number of nitrogens with zero attached hydrogens (tertiary/aromatic N) is 3.